The maximum Gasteiger partial charge on any atom is 0.182 e. The Bertz CT molecular complexity index is 450. The first-order valence-corrected chi connectivity index (χ1v) is 5.16. The number of hydrogen-bond acceptors (Lipinski definition) is 3. The van der Waals surface area contributed by atoms with Crippen molar-refractivity contribution in [1.29, 1.82) is 0 Å². The molecule has 2 aromatic rings. The Kier molecular flexibility index (Phi) is 2.46. The highest BCUT2D eigenvalue weighted by molar-refractivity contribution is 9.10. The topological polar surface area (TPSA) is 35.3 Å². The standard InChI is InChI=1S/C10H10BrNO2/c1-6(2)14-8-4-3-7(11)10-9(8)12-5-13-10/h3-6H,1-2H3. The zero-order chi connectivity index (χ0) is 10.1. The van der Waals surface area contributed by atoms with Gasteiger partial charge in [0.25, 0.3) is 0 Å². The van der Waals surface area contributed by atoms with Crippen LogP contribution in [0.1, 0.15) is 13.8 Å². The third-order valence-corrected chi connectivity index (χ3v) is 2.39. The van der Waals surface area contributed by atoms with Gasteiger partial charge in [-0.05, 0) is 41.9 Å². The van der Waals surface area contributed by atoms with E-state index >= 15 is 0 Å². The van der Waals surface area contributed by atoms with Crippen LogP contribution in [-0.2, 0) is 0 Å². The van der Waals surface area contributed by atoms with Gasteiger partial charge < -0.3 is 9.15 Å². The van der Waals surface area contributed by atoms with Crippen molar-refractivity contribution in [3.8, 4) is 5.75 Å². The summed E-state index contributed by atoms with van der Waals surface area (Å²) < 4.78 is 11.7. The Morgan fingerprint density at radius 1 is 1.43 bits per heavy atom. The third kappa shape index (κ3) is 1.62. The molecule has 4 heteroatoms. The van der Waals surface area contributed by atoms with Gasteiger partial charge in [0.1, 0.15) is 5.75 Å². The molecule has 2 rings (SSSR count). The molecule has 0 unspecified atom stereocenters. The number of halogens is 1. The lowest BCUT2D eigenvalue weighted by Crippen LogP contribution is -2.05. The van der Waals surface area contributed by atoms with Crippen molar-refractivity contribution in [1.82, 2.24) is 4.98 Å². The van der Waals surface area contributed by atoms with Crippen LogP contribution in [0.5, 0.6) is 5.75 Å². The molecule has 0 amide bonds. The second kappa shape index (κ2) is 3.61. The Morgan fingerprint density at radius 3 is 2.93 bits per heavy atom. The van der Waals surface area contributed by atoms with Gasteiger partial charge in [0.2, 0.25) is 0 Å². The van der Waals surface area contributed by atoms with Crippen molar-refractivity contribution in [2.75, 3.05) is 0 Å². The highest BCUT2D eigenvalue weighted by Gasteiger charge is 2.10. The number of oxazole rings is 1. The highest BCUT2D eigenvalue weighted by atomic mass is 79.9. The molecule has 1 aromatic carbocycles. The smallest absolute Gasteiger partial charge is 0.182 e. The van der Waals surface area contributed by atoms with Gasteiger partial charge in [-0.2, -0.15) is 0 Å². The molecule has 0 aliphatic carbocycles. The van der Waals surface area contributed by atoms with Crippen molar-refractivity contribution in [2.45, 2.75) is 20.0 Å². The average molecular weight is 256 g/mol. The summed E-state index contributed by atoms with van der Waals surface area (Å²) in [4.78, 5) is 4.11. The number of fused-ring (bicyclic) bond motifs is 1. The summed E-state index contributed by atoms with van der Waals surface area (Å²) >= 11 is 3.39. The maximum absolute atomic E-state index is 5.60. The van der Waals surface area contributed by atoms with E-state index in [0.717, 1.165) is 21.3 Å². The van der Waals surface area contributed by atoms with E-state index in [2.05, 4.69) is 20.9 Å². The molecule has 0 N–H and O–H groups in total. The lowest BCUT2D eigenvalue weighted by molar-refractivity contribution is 0.245. The molecule has 0 saturated carbocycles. The van der Waals surface area contributed by atoms with Crippen molar-refractivity contribution in [2.24, 2.45) is 0 Å². The van der Waals surface area contributed by atoms with Crippen LogP contribution in [0.25, 0.3) is 11.1 Å². The van der Waals surface area contributed by atoms with E-state index in [9.17, 15) is 0 Å². The van der Waals surface area contributed by atoms with Crippen LogP contribution in [0.15, 0.2) is 27.4 Å². The molecular formula is C10H10BrNO2. The molecule has 14 heavy (non-hydrogen) atoms. The summed E-state index contributed by atoms with van der Waals surface area (Å²) in [5, 5.41) is 0. The molecule has 0 aliphatic heterocycles. The van der Waals surface area contributed by atoms with Crippen LogP contribution >= 0.6 is 15.9 Å². The third-order valence-electron chi connectivity index (χ3n) is 1.76. The molecular weight excluding hydrogens is 246 g/mol. The number of benzene rings is 1. The summed E-state index contributed by atoms with van der Waals surface area (Å²) in [7, 11) is 0. The molecule has 1 heterocycles. The van der Waals surface area contributed by atoms with Crippen molar-refractivity contribution in [3.05, 3.63) is 23.0 Å². The minimum Gasteiger partial charge on any atom is -0.489 e. The summed E-state index contributed by atoms with van der Waals surface area (Å²) in [6.07, 6.45) is 1.55. The second-order valence-electron chi connectivity index (χ2n) is 3.24. The van der Waals surface area contributed by atoms with Crippen LogP contribution in [0.2, 0.25) is 0 Å². The molecule has 0 saturated heterocycles. The van der Waals surface area contributed by atoms with E-state index < -0.39 is 0 Å². The number of hydrogen-bond donors (Lipinski definition) is 0. The quantitative estimate of drug-likeness (QED) is 0.826. The summed E-state index contributed by atoms with van der Waals surface area (Å²) in [6, 6.07) is 3.78. The maximum atomic E-state index is 5.60. The number of nitrogens with zero attached hydrogens (tertiary/aromatic N) is 1. The van der Waals surface area contributed by atoms with Gasteiger partial charge in [-0.1, -0.05) is 0 Å². The van der Waals surface area contributed by atoms with Crippen LogP contribution in [0, 0.1) is 0 Å². The summed E-state index contributed by atoms with van der Waals surface area (Å²) in [5.74, 6) is 0.756. The van der Waals surface area contributed by atoms with Gasteiger partial charge in [0.05, 0.1) is 10.6 Å². The van der Waals surface area contributed by atoms with Crippen LogP contribution in [0.4, 0.5) is 0 Å². The molecule has 0 aliphatic rings. The van der Waals surface area contributed by atoms with E-state index in [4.69, 9.17) is 9.15 Å². The summed E-state index contributed by atoms with van der Waals surface area (Å²) in [6.45, 7) is 3.96. The average Bonchev–Trinajstić information content (AvgIpc) is 2.58. The van der Waals surface area contributed by atoms with Crippen molar-refractivity contribution in [3.63, 3.8) is 0 Å². The van der Waals surface area contributed by atoms with E-state index in [1.165, 1.54) is 6.39 Å². The van der Waals surface area contributed by atoms with E-state index in [-0.39, 0.29) is 6.10 Å². The molecule has 0 radical (unpaired) electrons. The van der Waals surface area contributed by atoms with E-state index in [1.807, 2.05) is 26.0 Å². The first-order chi connectivity index (χ1) is 6.68. The SMILES string of the molecule is CC(C)Oc1ccc(Br)c2ocnc12. The van der Waals surface area contributed by atoms with Gasteiger partial charge in [-0.25, -0.2) is 4.98 Å². The zero-order valence-electron chi connectivity index (χ0n) is 7.95. The fraction of sp³-hybridized carbons (Fsp3) is 0.300. The van der Waals surface area contributed by atoms with Crippen LogP contribution < -0.4 is 4.74 Å². The highest BCUT2D eigenvalue weighted by Crippen LogP contribution is 2.30. The number of rotatable bonds is 2. The molecule has 74 valence electrons. The number of ether oxygens (including phenoxy) is 1. The molecule has 3 nitrogen and oxygen atoms in total. The largest absolute Gasteiger partial charge is 0.489 e. The molecule has 1 aromatic heterocycles. The minimum atomic E-state index is 0.135. The van der Waals surface area contributed by atoms with Gasteiger partial charge in [0.15, 0.2) is 17.5 Å². The van der Waals surface area contributed by atoms with Crippen molar-refractivity contribution < 1.29 is 9.15 Å². The molecule has 0 spiro atoms. The summed E-state index contributed by atoms with van der Waals surface area (Å²) in [5.41, 5.74) is 1.48. The number of aromatic nitrogens is 1. The Balaban J connectivity index is 2.55. The lowest BCUT2D eigenvalue weighted by Gasteiger charge is -2.09. The van der Waals surface area contributed by atoms with Gasteiger partial charge >= 0.3 is 0 Å². The van der Waals surface area contributed by atoms with E-state index in [0.29, 0.717) is 0 Å². The Hall–Kier alpha value is -1.03. The van der Waals surface area contributed by atoms with Crippen molar-refractivity contribution >= 4 is 27.0 Å². The normalized spacial score (nSPS) is 11.1. The second-order valence-corrected chi connectivity index (χ2v) is 4.10. The fourth-order valence-electron chi connectivity index (χ4n) is 1.24. The Labute approximate surface area is 90.2 Å². The lowest BCUT2D eigenvalue weighted by atomic mass is 10.3. The first-order valence-electron chi connectivity index (χ1n) is 4.37. The monoisotopic (exact) mass is 255 g/mol. The predicted octanol–water partition coefficient (Wildman–Crippen LogP) is 3.38. The van der Waals surface area contributed by atoms with Crippen LogP contribution in [-0.4, -0.2) is 11.1 Å². The Morgan fingerprint density at radius 2 is 2.21 bits per heavy atom. The molecule has 0 fully saturated rings. The molecule has 0 bridgehead atoms. The molecule has 0 atom stereocenters. The van der Waals surface area contributed by atoms with Crippen LogP contribution in [0.3, 0.4) is 0 Å². The minimum absolute atomic E-state index is 0.135. The van der Waals surface area contributed by atoms with Gasteiger partial charge in [0, 0.05) is 0 Å². The fourth-order valence-corrected chi connectivity index (χ4v) is 1.66. The van der Waals surface area contributed by atoms with E-state index in [1.54, 1.807) is 0 Å². The predicted molar refractivity (Wildman–Crippen MR) is 57.5 cm³/mol. The van der Waals surface area contributed by atoms with Gasteiger partial charge in [-0.15, -0.1) is 0 Å². The first kappa shape index (κ1) is 9.52. The zero-order valence-corrected chi connectivity index (χ0v) is 9.54. The van der Waals surface area contributed by atoms with Gasteiger partial charge in [-0.3, -0.25) is 0 Å².